The van der Waals surface area contributed by atoms with Crippen molar-refractivity contribution < 1.29 is 9.84 Å². The molecule has 26 heavy (non-hydrogen) atoms. The first-order valence-corrected chi connectivity index (χ1v) is 9.57. The normalized spacial score (nSPS) is 17.6. The quantitative estimate of drug-likeness (QED) is 0.829. The van der Waals surface area contributed by atoms with E-state index in [1.807, 2.05) is 25.1 Å². The van der Waals surface area contributed by atoms with Crippen molar-refractivity contribution in [3.63, 3.8) is 0 Å². The van der Waals surface area contributed by atoms with Gasteiger partial charge in [0.1, 0.15) is 12.4 Å². The molecule has 1 heterocycles. The van der Waals surface area contributed by atoms with Gasteiger partial charge in [-0.25, -0.2) is 0 Å². The third-order valence-electron chi connectivity index (χ3n) is 4.78. The Labute approximate surface area is 157 Å². The molecular formula is C22H30N2O2. The first-order valence-electron chi connectivity index (χ1n) is 9.57. The van der Waals surface area contributed by atoms with E-state index in [1.165, 1.54) is 11.1 Å². The minimum absolute atomic E-state index is 0.245. The topological polar surface area (TPSA) is 35.9 Å². The summed E-state index contributed by atoms with van der Waals surface area (Å²) in [6.07, 6.45) is 0.912. The summed E-state index contributed by atoms with van der Waals surface area (Å²) in [5.74, 6) is 0.913. The molecule has 0 saturated carbocycles. The third kappa shape index (κ3) is 6.13. The maximum absolute atomic E-state index is 9.57. The fourth-order valence-electron chi connectivity index (χ4n) is 3.43. The van der Waals surface area contributed by atoms with Gasteiger partial charge in [0.25, 0.3) is 0 Å². The first-order chi connectivity index (χ1) is 12.7. The Bertz CT molecular complexity index is 643. The van der Waals surface area contributed by atoms with Gasteiger partial charge >= 0.3 is 0 Å². The molecule has 4 heteroatoms. The number of benzene rings is 2. The van der Waals surface area contributed by atoms with Crippen LogP contribution in [0, 0.1) is 0 Å². The van der Waals surface area contributed by atoms with Crippen LogP contribution in [0.3, 0.4) is 0 Å². The maximum atomic E-state index is 9.57. The van der Waals surface area contributed by atoms with Crippen molar-refractivity contribution in [2.45, 2.75) is 32.6 Å². The van der Waals surface area contributed by atoms with Crippen molar-refractivity contribution in [3.8, 4) is 5.75 Å². The van der Waals surface area contributed by atoms with Crippen LogP contribution in [-0.4, -0.2) is 53.7 Å². The van der Waals surface area contributed by atoms with E-state index in [4.69, 9.17) is 4.74 Å². The van der Waals surface area contributed by atoms with Gasteiger partial charge in [0.15, 0.2) is 0 Å². The fraction of sp³-hybridized carbons (Fsp3) is 0.455. The summed E-state index contributed by atoms with van der Waals surface area (Å²) in [5.41, 5.74) is 2.50. The molecule has 2 aromatic carbocycles. The van der Waals surface area contributed by atoms with Gasteiger partial charge in [0, 0.05) is 26.2 Å². The molecule has 4 nitrogen and oxygen atoms in total. The molecule has 140 valence electrons. The van der Waals surface area contributed by atoms with Gasteiger partial charge in [0.2, 0.25) is 0 Å². The smallest absolute Gasteiger partial charge is 0.119 e. The Morgan fingerprint density at radius 1 is 0.885 bits per heavy atom. The lowest BCUT2D eigenvalue weighted by Crippen LogP contribution is -2.34. The van der Waals surface area contributed by atoms with Crippen LogP contribution in [0.5, 0.6) is 5.75 Å². The van der Waals surface area contributed by atoms with Gasteiger partial charge in [-0.3, -0.25) is 9.80 Å². The van der Waals surface area contributed by atoms with Crippen molar-refractivity contribution in [2.75, 3.05) is 32.7 Å². The number of aliphatic hydroxyl groups is 1. The Morgan fingerprint density at radius 3 is 2.31 bits per heavy atom. The molecule has 2 aromatic rings. The van der Waals surface area contributed by atoms with Gasteiger partial charge in [-0.1, -0.05) is 42.5 Å². The average molecular weight is 354 g/mol. The zero-order valence-corrected chi connectivity index (χ0v) is 15.7. The molecule has 0 aliphatic carbocycles. The highest BCUT2D eigenvalue weighted by Crippen LogP contribution is 2.16. The minimum Gasteiger partial charge on any atom is -0.489 e. The van der Waals surface area contributed by atoms with E-state index in [1.54, 1.807) is 0 Å². The molecule has 0 bridgehead atoms. The summed E-state index contributed by atoms with van der Waals surface area (Å²) in [6, 6.07) is 18.7. The molecule has 3 rings (SSSR count). The zero-order valence-electron chi connectivity index (χ0n) is 15.7. The largest absolute Gasteiger partial charge is 0.489 e. The predicted molar refractivity (Wildman–Crippen MR) is 105 cm³/mol. The van der Waals surface area contributed by atoms with E-state index in [0.717, 1.165) is 51.4 Å². The van der Waals surface area contributed by atoms with E-state index in [9.17, 15) is 5.11 Å². The van der Waals surface area contributed by atoms with Crippen LogP contribution in [0.4, 0.5) is 0 Å². The Morgan fingerprint density at radius 2 is 1.58 bits per heavy atom. The number of β-amino-alcohol motifs (C(OH)–C–C–N with tert-alkyl or cyclic N) is 1. The van der Waals surface area contributed by atoms with Crippen LogP contribution in [0.1, 0.15) is 24.5 Å². The number of ether oxygens (including phenoxy) is 1. The van der Waals surface area contributed by atoms with Crippen molar-refractivity contribution in [1.29, 1.82) is 0 Å². The fourth-order valence-corrected chi connectivity index (χ4v) is 3.43. The zero-order chi connectivity index (χ0) is 18.2. The second kappa shape index (κ2) is 9.72. The number of aliphatic hydroxyl groups excluding tert-OH is 1. The SMILES string of the molecule is CC(O)CN1CCCN(Cc2ccc(OCc3ccccc3)cc2)CC1. The molecule has 1 fully saturated rings. The highest BCUT2D eigenvalue weighted by molar-refractivity contribution is 5.27. The standard InChI is InChI=1S/C22H30N2O2/c1-19(25)16-23-12-5-13-24(15-14-23)17-20-8-10-22(11-9-20)26-18-21-6-3-2-4-7-21/h2-4,6-11,19,25H,5,12-18H2,1H3. The summed E-state index contributed by atoms with van der Waals surface area (Å²) in [7, 11) is 0. The molecule has 1 saturated heterocycles. The summed E-state index contributed by atoms with van der Waals surface area (Å²) < 4.78 is 5.86. The van der Waals surface area contributed by atoms with Gasteiger partial charge < -0.3 is 9.84 Å². The predicted octanol–water partition coefficient (Wildman–Crippen LogP) is 3.15. The van der Waals surface area contributed by atoms with Gasteiger partial charge in [-0.2, -0.15) is 0 Å². The van der Waals surface area contributed by atoms with E-state index in [2.05, 4.69) is 46.2 Å². The number of rotatable bonds is 7. The van der Waals surface area contributed by atoms with Crippen molar-refractivity contribution >= 4 is 0 Å². The number of hydrogen-bond acceptors (Lipinski definition) is 4. The highest BCUT2D eigenvalue weighted by atomic mass is 16.5. The summed E-state index contributed by atoms with van der Waals surface area (Å²) in [4.78, 5) is 4.87. The van der Waals surface area contributed by atoms with Gasteiger partial charge in [0.05, 0.1) is 6.10 Å². The summed E-state index contributed by atoms with van der Waals surface area (Å²) >= 11 is 0. The Balaban J connectivity index is 1.46. The molecule has 1 N–H and O–H groups in total. The molecule has 0 radical (unpaired) electrons. The van der Waals surface area contributed by atoms with E-state index in [0.29, 0.717) is 6.61 Å². The molecule has 0 aromatic heterocycles. The van der Waals surface area contributed by atoms with Crippen LogP contribution in [-0.2, 0) is 13.2 Å². The first kappa shape index (κ1) is 18.9. The lowest BCUT2D eigenvalue weighted by molar-refractivity contribution is 0.128. The lowest BCUT2D eigenvalue weighted by atomic mass is 10.2. The molecule has 1 aliphatic rings. The minimum atomic E-state index is -0.245. The van der Waals surface area contributed by atoms with Crippen LogP contribution in [0.25, 0.3) is 0 Å². The molecule has 1 aliphatic heterocycles. The van der Waals surface area contributed by atoms with Crippen molar-refractivity contribution in [1.82, 2.24) is 9.80 Å². The molecule has 1 atom stereocenters. The monoisotopic (exact) mass is 354 g/mol. The summed E-state index contributed by atoms with van der Waals surface area (Å²) in [5, 5.41) is 9.57. The van der Waals surface area contributed by atoms with Crippen LogP contribution >= 0.6 is 0 Å². The van der Waals surface area contributed by atoms with Crippen LogP contribution < -0.4 is 4.74 Å². The third-order valence-corrected chi connectivity index (χ3v) is 4.78. The average Bonchev–Trinajstić information content (AvgIpc) is 2.87. The van der Waals surface area contributed by atoms with Crippen LogP contribution in [0.2, 0.25) is 0 Å². The molecule has 0 amide bonds. The van der Waals surface area contributed by atoms with E-state index < -0.39 is 0 Å². The number of nitrogens with zero attached hydrogens (tertiary/aromatic N) is 2. The number of hydrogen-bond donors (Lipinski definition) is 1. The Kier molecular flexibility index (Phi) is 7.06. The van der Waals surface area contributed by atoms with Crippen molar-refractivity contribution in [3.05, 3.63) is 65.7 Å². The van der Waals surface area contributed by atoms with Gasteiger partial charge in [-0.05, 0) is 49.7 Å². The maximum Gasteiger partial charge on any atom is 0.119 e. The van der Waals surface area contributed by atoms with E-state index in [-0.39, 0.29) is 6.10 Å². The van der Waals surface area contributed by atoms with Crippen LogP contribution in [0.15, 0.2) is 54.6 Å². The summed E-state index contributed by atoms with van der Waals surface area (Å²) in [6.45, 7) is 8.50. The molecule has 1 unspecified atom stereocenters. The second-order valence-corrected chi connectivity index (χ2v) is 7.20. The molecular weight excluding hydrogens is 324 g/mol. The van der Waals surface area contributed by atoms with E-state index >= 15 is 0 Å². The molecule has 0 spiro atoms. The van der Waals surface area contributed by atoms with Gasteiger partial charge in [-0.15, -0.1) is 0 Å². The second-order valence-electron chi connectivity index (χ2n) is 7.20. The lowest BCUT2D eigenvalue weighted by Gasteiger charge is -2.22. The Hall–Kier alpha value is -1.88. The van der Waals surface area contributed by atoms with Crippen molar-refractivity contribution in [2.24, 2.45) is 0 Å². The highest BCUT2D eigenvalue weighted by Gasteiger charge is 2.16.